The van der Waals surface area contributed by atoms with Crippen LogP contribution in [0.3, 0.4) is 0 Å². The Hall–Kier alpha value is -3.12. The molecule has 5 rings (SSSR count). The van der Waals surface area contributed by atoms with Gasteiger partial charge < -0.3 is 10.6 Å². The van der Waals surface area contributed by atoms with Gasteiger partial charge in [0.2, 0.25) is 0 Å². The number of nitrogens with two attached hydrogens (primary N) is 1. The first-order valence-electron chi connectivity index (χ1n) is 9.60. The molecule has 140 valence electrons. The van der Waals surface area contributed by atoms with Crippen LogP contribution in [0, 0.1) is 0 Å². The molecule has 0 unspecified atom stereocenters. The lowest BCUT2D eigenvalue weighted by Crippen LogP contribution is -2.48. The van der Waals surface area contributed by atoms with Crippen LogP contribution in [0.2, 0.25) is 0 Å². The molecule has 4 heterocycles. The zero-order chi connectivity index (χ0) is 19.1. The molecule has 2 N–H and O–H groups in total. The highest BCUT2D eigenvalue weighted by molar-refractivity contribution is 5.95. The number of pyridine rings is 2. The molecule has 0 atom stereocenters. The number of anilines is 1. The first-order chi connectivity index (χ1) is 13.6. The highest BCUT2D eigenvalue weighted by atomic mass is 15.2. The minimum absolute atomic E-state index is 0.0788. The summed E-state index contributed by atoms with van der Waals surface area (Å²) in [4.78, 5) is 20.7. The van der Waals surface area contributed by atoms with Crippen molar-refractivity contribution in [2.75, 3.05) is 18.0 Å². The Labute approximate surface area is 163 Å². The van der Waals surface area contributed by atoms with E-state index in [1.807, 2.05) is 36.7 Å². The van der Waals surface area contributed by atoms with Gasteiger partial charge in [-0.15, -0.1) is 0 Å². The van der Waals surface area contributed by atoms with Crippen molar-refractivity contribution in [3.63, 3.8) is 0 Å². The predicted octanol–water partition coefficient (Wildman–Crippen LogP) is 3.56. The molecule has 4 aromatic rings. The Morgan fingerprint density at radius 1 is 1.00 bits per heavy atom. The number of rotatable bonds is 2. The third-order valence-electron chi connectivity index (χ3n) is 5.58. The van der Waals surface area contributed by atoms with Gasteiger partial charge >= 0.3 is 0 Å². The van der Waals surface area contributed by atoms with Gasteiger partial charge in [-0.2, -0.15) is 0 Å². The largest absolute Gasteiger partial charge is 0.355 e. The van der Waals surface area contributed by atoms with Gasteiger partial charge in [-0.3, -0.25) is 4.98 Å². The van der Waals surface area contributed by atoms with Crippen molar-refractivity contribution in [2.24, 2.45) is 5.73 Å². The highest BCUT2D eigenvalue weighted by Crippen LogP contribution is 2.28. The predicted molar refractivity (Wildman–Crippen MR) is 112 cm³/mol. The third kappa shape index (κ3) is 3.05. The molecule has 1 saturated heterocycles. The lowest BCUT2D eigenvalue weighted by Gasteiger charge is -2.37. The summed E-state index contributed by atoms with van der Waals surface area (Å²) < 4.78 is 0. The monoisotopic (exact) mass is 370 g/mol. The number of nitrogens with zero attached hydrogens (tertiary/aromatic N) is 5. The zero-order valence-electron chi connectivity index (χ0n) is 15.8. The Balaban J connectivity index is 1.51. The second-order valence-corrected chi connectivity index (χ2v) is 7.81. The van der Waals surface area contributed by atoms with Crippen LogP contribution in [0.4, 0.5) is 5.82 Å². The maximum atomic E-state index is 6.24. The van der Waals surface area contributed by atoms with Gasteiger partial charge in [0.1, 0.15) is 11.3 Å². The Kier molecular flexibility index (Phi) is 3.94. The van der Waals surface area contributed by atoms with Gasteiger partial charge in [-0.05, 0) is 43.4 Å². The van der Waals surface area contributed by atoms with Crippen molar-refractivity contribution < 1.29 is 0 Å². The zero-order valence-corrected chi connectivity index (χ0v) is 15.8. The molecule has 1 aliphatic rings. The molecule has 6 heteroatoms. The van der Waals surface area contributed by atoms with E-state index in [2.05, 4.69) is 33.9 Å². The van der Waals surface area contributed by atoms with Crippen molar-refractivity contribution in [3.8, 4) is 11.3 Å². The SMILES string of the molecule is CC1(N)CCN(c2cnc3nc(-c4cccc5ccncc45)ccc3n2)CC1. The molecule has 0 saturated carbocycles. The third-order valence-corrected chi connectivity index (χ3v) is 5.58. The molecule has 28 heavy (non-hydrogen) atoms. The minimum atomic E-state index is -0.0788. The van der Waals surface area contributed by atoms with Gasteiger partial charge in [0, 0.05) is 42.0 Å². The second-order valence-electron chi connectivity index (χ2n) is 7.81. The number of benzene rings is 1. The molecule has 1 fully saturated rings. The number of hydrogen-bond donors (Lipinski definition) is 1. The molecule has 1 aromatic carbocycles. The molecule has 0 amide bonds. The van der Waals surface area contributed by atoms with E-state index in [4.69, 9.17) is 15.7 Å². The van der Waals surface area contributed by atoms with E-state index in [9.17, 15) is 0 Å². The maximum absolute atomic E-state index is 6.24. The van der Waals surface area contributed by atoms with Crippen molar-refractivity contribution in [2.45, 2.75) is 25.3 Å². The fourth-order valence-corrected chi connectivity index (χ4v) is 3.78. The Bertz CT molecular complexity index is 1150. The number of piperidine rings is 1. The molecule has 0 bridgehead atoms. The van der Waals surface area contributed by atoms with Crippen LogP contribution < -0.4 is 10.6 Å². The average Bonchev–Trinajstić information content (AvgIpc) is 2.72. The molecular weight excluding hydrogens is 348 g/mol. The van der Waals surface area contributed by atoms with Crippen molar-refractivity contribution in [1.82, 2.24) is 19.9 Å². The molecule has 1 aliphatic heterocycles. The van der Waals surface area contributed by atoms with Crippen LogP contribution in [0.15, 0.2) is 55.0 Å². The molecule has 0 aliphatic carbocycles. The summed E-state index contributed by atoms with van der Waals surface area (Å²) in [5, 5.41) is 2.23. The minimum Gasteiger partial charge on any atom is -0.355 e. The van der Waals surface area contributed by atoms with Crippen molar-refractivity contribution >= 4 is 27.8 Å². The van der Waals surface area contributed by atoms with Gasteiger partial charge in [0.25, 0.3) is 0 Å². The van der Waals surface area contributed by atoms with Crippen LogP contribution in [0.1, 0.15) is 19.8 Å². The van der Waals surface area contributed by atoms with Crippen LogP contribution in [-0.4, -0.2) is 38.6 Å². The number of aromatic nitrogens is 4. The molecular formula is C22H22N6. The van der Waals surface area contributed by atoms with Crippen molar-refractivity contribution in [1.29, 1.82) is 0 Å². The molecule has 6 nitrogen and oxygen atoms in total. The van der Waals surface area contributed by atoms with Gasteiger partial charge in [0.15, 0.2) is 5.65 Å². The lowest BCUT2D eigenvalue weighted by molar-refractivity contribution is 0.363. The maximum Gasteiger partial charge on any atom is 0.178 e. The molecule has 3 aromatic heterocycles. The highest BCUT2D eigenvalue weighted by Gasteiger charge is 2.26. The lowest BCUT2D eigenvalue weighted by atomic mass is 9.91. The summed E-state index contributed by atoms with van der Waals surface area (Å²) in [6, 6.07) is 12.2. The fourth-order valence-electron chi connectivity index (χ4n) is 3.78. The Morgan fingerprint density at radius 3 is 2.71 bits per heavy atom. The number of fused-ring (bicyclic) bond motifs is 2. The van der Waals surface area contributed by atoms with Crippen LogP contribution in [-0.2, 0) is 0 Å². The fraction of sp³-hybridized carbons (Fsp3) is 0.273. The molecule has 0 spiro atoms. The van der Waals surface area contributed by atoms with E-state index < -0.39 is 0 Å². The summed E-state index contributed by atoms with van der Waals surface area (Å²) in [6.45, 7) is 3.92. The summed E-state index contributed by atoms with van der Waals surface area (Å²) in [5.74, 6) is 0.895. The first-order valence-corrected chi connectivity index (χ1v) is 9.60. The standard InChI is InChI=1S/C22H22N6/c1-22(23)8-11-28(12-9-22)20-14-25-21-19(26-20)6-5-18(27-21)16-4-2-3-15-7-10-24-13-17(15)16/h2-7,10,13-14H,8-9,11-12,23H2,1H3. The summed E-state index contributed by atoms with van der Waals surface area (Å²) in [7, 11) is 0. The van der Waals surface area contributed by atoms with Gasteiger partial charge in [-0.25, -0.2) is 15.0 Å². The topological polar surface area (TPSA) is 80.8 Å². The van der Waals surface area contributed by atoms with Crippen LogP contribution in [0.5, 0.6) is 0 Å². The van der Waals surface area contributed by atoms with E-state index in [0.717, 1.165) is 59.3 Å². The van der Waals surface area contributed by atoms with E-state index in [0.29, 0.717) is 5.65 Å². The first kappa shape index (κ1) is 17.0. The van der Waals surface area contributed by atoms with E-state index in [1.165, 1.54) is 0 Å². The van der Waals surface area contributed by atoms with Gasteiger partial charge in [0.05, 0.1) is 11.9 Å². The quantitative estimate of drug-likeness (QED) is 0.581. The summed E-state index contributed by atoms with van der Waals surface area (Å²) in [6.07, 6.45) is 7.43. The van der Waals surface area contributed by atoms with Crippen LogP contribution >= 0.6 is 0 Å². The van der Waals surface area contributed by atoms with E-state index >= 15 is 0 Å². The van der Waals surface area contributed by atoms with E-state index in [1.54, 1.807) is 6.20 Å². The normalized spacial score (nSPS) is 16.6. The average molecular weight is 370 g/mol. The summed E-state index contributed by atoms with van der Waals surface area (Å²) >= 11 is 0. The second kappa shape index (κ2) is 6.49. The van der Waals surface area contributed by atoms with Gasteiger partial charge in [-0.1, -0.05) is 18.2 Å². The summed E-state index contributed by atoms with van der Waals surface area (Å²) in [5.41, 5.74) is 9.56. The number of hydrogen-bond acceptors (Lipinski definition) is 6. The van der Waals surface area contributed by atoms with E-state index in [-0.39, 0.29) is 5.54 Å². The van der Waals surface area contributed by atoms with Crippen LogP contribution in [0.25, 0.3) is 33.2 Å². The van der Waals surface area contributed by atoms with Crippen molar-refractivity contribution in [3.05, 3.63) is 55.0 Å². The molecule has 0 radical (unpaired) electrons. The smallest absolute Gasteiger partial charge is 0.178 e. The Morgan fingerprint density at radius 2 is 1.86 bits per heavy atom.